The first-order chi connectivity index (χ1) is 19.0. The number of aromatic nitrogens is 2. The molecule has 1 aliphatic rings. The number of aryl methyl sites for hydroxylation is 1. The molecule has 2 amide bonds. The van der Waals surface area contributed by atoms with Crippen LogP contribution in [0.5, 0.6) is 0 Å². The summed E-state index contributed by atoms with van der Waals surface area (Å²) in [5.41, 5.74) is 5.27. The highest BCUT2D eigenvalue weighted by Crippen LogP contribution is 2.28. The van der Waals surface area contributed by atoms with E-state index in [1.807, 2.05) is 55.5 Å². The number of carbonyl (C=O) groups excluding carboxylic acids is 2. The predicted octanol–water partition coefficient (Wildman–Crippen LogP) is 5.79. The zero-order chi connectivity index (χ0) is 27.2. The molecule has 0 unspecified atom stereocenters. The van der Waals surface area contributed by atoms with Gasteiger partial charge in [-0.25, -0.2) is 0 Å². The molecule has 198 valence electrons. The molecule has 3 heterocycles. The van der Waals surface area contributed by atoms with E-state index in [0.717, 1.165) is 37.2 Å². The molecule has 1 aliphatic heterocycles. The Balaban J connectivity index is 1.29. The molecule has 0 spiro atoms. The van der Waals surface area contributed by atoms with E-state index >= 15 is 0 Å². The van der Waals surface area contributed by atoms with E-state index in [1.54, 1.807) is 36.7 Å². The van der Waals surface area contributed by atoms with Crippen molar-refractivity contribution in [3.8, 4) is 0 Å². The average Bonchev–Trinajstić information content (AvgIpc) is 2.97. The number of hydrogen-bond donors (Lipinski definition) is 2. The van der Waals surface area contributed by atoms with Crippen molar-refractivity contribution in [1.82, 2.24) is 15.3 Å². The first-order valence-electron chi connectivity index (χ1n) is 13.4. The normalized spacial score (nSPS) is 13.8. The van der Waals surface area contributed by atoms with E-state index in [4.69, 9.17) is 0 Å². The van der Waals surface area contributed by atoms with Gasteiger partial charge in [0.2, 0.25) is 0 Å². The Morgan fingerprint density at radius 2 is 1.49 bits per heavy atom. The molecule has 4 aromatic rings. The van der Waals surface area contributed by atoms with E-state index < -0.39 is 6.04 Å². The maximum absolute atomic E-state index is 13.3. The summed E-state index contributed by atoms with van der Waals surface area (Å²) >= 11 is 0. The van der Waals surface area contributed by atoms with E-state index in [1.165, 1.54) is 0 Å². The third kappa shape index (κ3) is 6.32. The minimum Gasteiger partial charge on any atom is -0.371 e. The highest BCUT2D eigenvalue weighted by atomic mass is 16.2. The standard InChI is InChI=1S/C32H33N5O2/c1-22-15-19-37(20-16-22)29-21-23(2)9-14-26(29)32(39)35-25-12-10-24(11-13-25)31(38)36-30(27-7-3-5-17-33-27)28-8-4-6-18-34-28/h3-14,17-18,21-22,30H,15-16,19-20H2,1-2H3,(H,35,39)(H,36,38). The monoisotopic (exact) mass is 519 g/mol. The summed E-state index contributed by atoms with van der Waals surface area (Å²) in [4.78, 5) is 37.6. The van der Waals surface area contributed by atoms with Crippen LogP contribution in [0.1, 0.15) is 63.5 Å². The van der Waals surface area contributed by atoms with Crippen molar-refractivity contribution in [3.05, 3.63) is 119 Å². The van der Waals surface area contributed by atoms with Crippen LogP contribution in [0.25, 0.3) is 0 Å². The van der Waals surface area contributed by atoms with Crippen LogP contribution >= 0.6 is 0 Å². The van der Waals surface area contributed by atoms with Crippen LogP contribution in [0.4, 0.5) is 11.4 Å². The van der Waals surface area contributed by atoms with Crippen molar-refractivity contribution in [2.24, 2.45) is 5.92 Å². The van der Waals surface area contributed by atoms with Gasteiger partial charge in [0, 0.05) is 42.4 Å². The summed E-state index contributed by atoms with van der Waals surface area (Å²) in [6.45, 7) is 6.23. The largest absolute Gasteiger partial charge is 0.371 e. The van der Waals surface area contributed by atoms with Gasteiger partial charge in [0.05, 0.1) is 17.0 Å². The minimum absolute atomic E-state index is 0.161. The fraction of sp³-hybridized carbons (Fsp3) is 0.250. The number of nitrogens with one attached hydrogen (secondary N) is 2. The highest BCUT2D eigenvalue weighted by Gasteiger charge is 2.22. The lowest BCUT2D eigenvalue weighted by Gasteiger charge is -2.33. The van der Waals surface area contributed by atoms with Crippen LogP contribution in [-0.2, 0) is 0 Å². The summed E-state index contributed by atoms with van der Waals surface area (Å²) in [7, 11) is 0. The molecule has 2 aromatic carbocycles. The first-order valence-corrected chi connectivity index (χ1v) is 13.4. The Labute approximate surface area is 229 Å². The SMILES string of the molecule is Cc1ccc(C(=O)Nc2ccc(C(=O)NC(c3ccccn3)c3ccccn3)cc2)c(N2CCC(C)CC2)c1. The lowest BCUT2D eigenvalue weighted by molar-refractivity contribution is 0.0941. The number of hydrogen-bond acceptors (Lipinski definition) is 5. The number of benzene rings is 2. The van der Waals surface area contributed by atoms with Gasteiger partial charge >= 0.3 is 0 Å². The quantitative estimate of drug-likeness (QED) is 0.323. The van der Waals surface area contributed by atoms with Crippen molar-refractivity contribution in [2.75, 3.05) is 23.3 Å². The van der Waals surface area contributed by atoms with Crippen LogP contribution in [-0.4, -0.2) is 34.9 Å². The maximum Gasteiger partial charge on any atom is 0.257 e. The smallest absolute Gasteiger partial charge is 0.257 e. The summed E-state index contributed by atoms with van der Waals surface area (Å²) in [5.74, 6) is 0.294. The second-order valence-corrected chi connectivity index (χ2v) is 10.1. The molecule has 7 heteroatoms. The molecule has 0 aliphatic carbocycles. The van der Waals surface area contributed by atoms with E-state index in [-0.39, 0.29) is 11.8 Å². The van der Waals surface area contributed by atoms with Crippen LogP contribution in [0.2, 0.25) is 0 Å². The first kappa shape index (κ1) is 26.1. The fourth-order valence-electron chi connectivity index (χ4n) is 4.86. The summed E-state index contributed by atoms with van der Waals surface area (Å²) in [6.07, 6.45) is 5.64. The molecule has 39 heavy (non-hydrogen) atoms. The molecular formula is C32H33N5O2. The lowest BCUT2D eigenvalue weighted by Crippen LogP contribution is -2.34. The predicted molar refractivity (Wildman–Crippen MR) is 154 cm³/mol. The molecule has 2 aromatic heterocycles. The fourth-order valence-corrected chi connectivity index (χ4v) is 4.86. The maximum atomic E-state index is 13.3. The number of nitrogens with zero attached hydrogens (tertiary/aromatic N) is 3. The van der Waals surface area contributed by atoms with Crippen LogP contribution in [0.15, 0.2) is 91.3 Å². The molecule has 7 nitrogen and oxygen atoms in total. The lowest BCUT2D eigenvalue weighted by atomic mass is 9.97. The number of amides is 2. The molecule has 0 radical (unpaired) electrons. The van der Waals surface area contributed by atoms with Gasteiger partial charge in [-0.1, -0.05) is 25.1 Å². The van der Waals surface area contributed by atoms with E-state index in [9.17, 15) is 9.59 Å². The highest BCUT2D eigenvalue weighted by molar-refractivity contribution is 6.08. The van der Waals surface area contributed by atoms with E-state index in [0.29, 0.717) is 34.1 Å². The molecular weight excluding hydrogens is 486 g/mol. The minimum atomic E-state index is -0.489. The van der Waals surface area contributed by atoms with Crippen LogP contribution in [0, 0.1) is 12.8 Å². The zero-order valence-electron chi connectivity index (χ0n) is 22.3. The Morgan fingerprint density at radius 1 is 0.846 bits per heavy atom. The van der Waals surface area contributed by atoms with Crippen molar-refractivity contribution in [1.29, 1.82) is 0 Å². The zero-order valence-corrected chi connectivity index (χ0v) is 22.3. The summed E-state index contributed by atoms with van der Waals surface area (Å²) < 4.78 is 0. The van der Waals surface area contributed by atoms with Gasteiger partial charge in [0.25, 0.3) is 11.8 Å². The van der Waals surface area contributed by atoms with Crippen molar-refractivity contribution < 1.29 is 9.59 Å². The van der Waals surface area contributed by atoms with Gasteiger partial charge in [-0.3, -0.25) is 19.6 Å². The van der Waals surface area contributed by atoms with Crippen molar-refractivity contribution >= 4 is 23.2 Å². The molecule has 0 saturated carbocycles. The Bertz CT molecular complexity index is 1380. The van der Waals surface area contributed by atoms with Gasteiger partial charge in [-0.05, 0) is 91.9 Å². The molecule has 0 bridgehead atoms. The molecule has 0 atom stereocenters. The second kappa shape index (κ2) is 11.9. The topological polar surface area (TPSA) is 87.2 Å². The van der Waals surface area contributed by atoms with Gasteiger partial charge in [0.1, 0.15) is 6.04 Å². The van der Waals surface area contributed by atoms with Crippen LogP contribution < -0.4 is 15.5 Å². The van der Waals surface area contributed by atoms with Crippen molar-refractivity contribution in [3.63, 3.8) is 0 Å². The van der Waals surface area contributed by atoms with Gasteiger partial charge < -0.3 is 15.5 Å². The number of carbonyl (C=O) groups is 2. The molecule has 1 saturated heterocycles. The molecule has 5 rings (SSSR count). The number of rotatable bonds is 7. The van der Waals surface area contributed by atoms with Gasteiger partial charge in [0.15, 0.2) is 0 Å². The number of piperidine rings is 1. The van der Waals surface area contributed by atoms with Gasteiger partial charge in [-0.2, -0.15) is 0 Å². The Kier molecular flexibility index (Phi) is 7.96. The Hall–Kier alpha value is -4.52. The van der Waals surface area contributed by atoms with Crippen molar-refractivity contribution in [2.45, 2.75) is 32.7 Å². The third-order valence-corrected chi connectivity index (χ3v) is 7.17. The molecule has 2 N–H and O–H groups in total. The number of pyridine rings is 2. The van der Waals surface area contributed by atoms with Crippen LogP contribution in [0.3, 0.4) is 0 Å². The average molecular weight is 520 g/mol. The molecule has 1 fully saturated rings. The van der Waals surface area contributed by atoms with E-state index in [2.05, 4.69) is 38.5 Å². The summed E-state index contributed by atoms with van der Waals surface area (Å²) in [6, 6.07) is 23.6. The third-order valence-electron chi connectivity index (χ3n) is 7.17. The number of anilines is 2. The van der Waals surface area contributed by atoms with Gasteiger partial charge in [-0.15, -0.1) is 0 Å². The summed E-state index contributed by atoms with van der Waals surface area (Å²) in [5, 5.41) is 6.05. The Morgan fingerprint density at radius 3 is 2.08 bits per heavy atom. The second-order valence-electron chi connectivity index (χ2n) is 10.1.